The van der Waals surface area contributed by atoms with Crippen molar-refractivity contribution in [2.75, 3.05) is 23.9 Å². The SMILES string of the molecule is COc1cccc2cc(C(=O)Nc3cccc(N4C=c5cnoc5=CC4)c3)c(=O)oc12. The van der Waals surface area contributed by atoms with Gasteiger partial charge in [-0.1, -0.05) is 23.4 Å². The Morgan fingerprint density at radius 2 is 2.06 bits per heavy atom. The van der Waals surface area contributed by atoms with Crippen LogP contribution in [0.2, 0.25) is 0 Å². The summed E-state index contributed by atoms with van der Waals surface area (Å²) in [5, 5.41) is 8.05. The maximum absolute atomic E-state index is 12.8. The Balaban J connectivity index is 1.43. The van der Waals surface area contributed by atoms with Crippen molar-refractivity contribution in [3.63, 3.8) is 0 Å². The number of nitrogens with zero attached hydrogens (tertiary/aromatic N) is 2. The van der Waals surface area contributed by atoms with Gasteiger partial charge in [0.15, 0.2) is 16.7 Å². The van der Waals surface area contributed by atoms with E-state index in [1.165, 1.54) is 13.2 Å². The van der Waals surface area contributed by atoms with Gasteiger partial charge in [0.05, 0.1) is 18.5 Å². The maximum atomic E-state index is 12.8. The standard InChI is InChI=1S/C23H17N3O5/c1-29-20-7-2-4-14-10-18(23(28)30-21(14)20)22(27)25-16-5-3-6-17(11-16)26-9-8-19-15(13-26)12-24-31-19/h2-8,10-13H,9H2,1H3,(H,25,27). The fourth-order valence-corrected chi connectivity index (χ4v) is 3.49. The third-order valence-electron chi connectivity index (χ3n) is 5.02. The molecule has 2 aromatic heterocycles. The van der Waals surface area contributed by atoms with Crippen molar-refractivity contribution in [1.29, 1.82) is 0 Å². The largest absolute Gasteiger partial charge is 0.493 e. The molecule has 1 aliphatic heterocycles. The first-order chi connectivity index (χ1) is 15.1. The number of carbonyl (C=O) groups excluding carboxylic acids is 1. The van der Waals surface area contributed by atoms with Crippen LogP contribution >= 0.6 is 0 Å². The lowest BCUT2D eigenvalue weighted by atomic mass is 10.1. The molecule has 2 aromatic carbocycles. The van der Waals surface area contributed by atoms with E-state index in [1.807, 2.05) is 35.4 Å². The summed E-state index contributed by atoms with van der Waals surface area (Å²) in [5.74, 6) is -0.119. The maximum Gasteiger partial charge on any atom is 0.349 e. The summed E-state index contributed by atoms with van der Waals surface area (Å²) in [7, 11) is 1.49. The van der Waals surface area contributed by atoms with E-state index in [1.54, 1.807) is 30.5 Å². The highest BCUT2D eigenvalue weighted by atomic mass is 16.5. The number of anilines is 2. The molecule has 5 rings (SSSR count). The quantitative estimate of drug-likeness (QED) is 0.510. The van der Waals surface area contributed by atoms with Gasteiger partial charge in [-0.3, -0.25) is 4.79 Å². The van der Waals surface area contributed by atoms with Crippen molar-refractivity contribution in [3.8, 4) is 5.75 Å². The second-order valence-electron chi connectivity index (χ2n) is 6.96. The predicted molar refractivity (Wildman–Crippen MR) is 115 cm³/mol. The zero-order valence-electron chi connectivity index (χ0n) is 16.5. The summed E-state index contributed by atoms with van der Waals surface area (Å²) in [6, 6.07) is 14.0. The zero-order chi connectivity index (χ0) is 21.4. The Morgan fingerprint density at radius 3 is 2.94 bits per heavy atom. The van der Waals surface area contributed by atoms with Crippen LogP contribution in [0.15, 0.2) is 68.5 Å². The fraction of sp³-hybridized carbons (Fsp3) is 0.0870. The van der Waals surface area contributed by atoms with Crippen LogP contribution in [-0.4, -0.2) is 24.7 Å². The number of benzene rings is 2. The molecule has 1 N–H and O–H groups in total. The van der Waals surface area contributed by atoms with Crippen molar-refractivity contribution in [1.82, 2.24) is 5.16 Å². The van der Waals surface area contributed by atoms with Gasteiger partial charge in [0.25, 0.3) is 5.91 Å². The topological polar surface area (TPSA) is 97.8 Å². The van der Waals surface area contributed by atoms with Crippen LogP contribution in [0.1, 0.15) is 10.4 Å². The Morgan fingerprint density at radius 1 is 1.19 bits per heavy atom. The first-order valence-corrected chi connectivity index (χ1v) is 9.54. The molecule has 4 aromatic rings. The highest BCUT2D eigenvalue weighted by Gasteiger charge is 2.16. The highest BCUT2D eigenvalue weighted by Crippen LogP contribution is 2.25. The number of rotatable bonds is 4. The second kappa shape index (κ2) is 7.49. The number of hydrogen-bond donors (Lipinski definition) is 1. The van der Waals surface area contributed by atoms with Crippen LogP contribution in [0.4, 0.5) is 11.4 Å². The van der Waals surface area contributed by atoms with Gasteiger partial charge >= 0.3 is 5.63 Å². The third kappa shape index (κ3) is 3.44. The molecule has 154 valence electrons. The predicted octanol–water partition coefficient (Wildman–Crippen LogP) is 2.08. The number of fused-ring (bicyclic) bond motifs is 2. The molecule has 1 amide bonds. The van der Waals surface area contributed by atoms with Crippen LogP contribution in [0, 0.1) is 0 Å². The van der Waals surface area contributed by atoms with Gasteiger partial charge in [-0.2, -0.15) is 0 Å². The number of amides is 1. The lowest BCUT2D eigenvalue weighted by Gasteiger charge is -2.20. The molecule has 1 aliphatic rings. The van der Waals surface area contributed by atoms with E-state index in [2.05, 4.69) is 10.5 Å². The van der Waals surface area contributed by atoms with Crippen molar-refractivity contribution < 1.29 is 18.5 Å². The first-order valence-electron chi connectivity index (χ1n) is 9.54. The highest BCUT2D eigenvalue weighted by molar-refractivity contribution is 6.05. The third-order valence-corrected chi connectivity index (χ3v) is 5.02. The van der Waals surface area contributed by atoms with Crippen molar-refractivity contribution in [2.24, 2.45) is 0 Å². The summed E-state index contributed by atoms with van der Waals surface area (Å²) in [4.78, 5) is 27.2. The van der Waals surface area contributed by atoms with E-state index in [9.17, 15) is 9.59 Å². The van der Waals surface area contributed by atoms with E-state index in [4.69, 9.17) is 13.7 Å². The average Bonchev–Trinajstić information content (AvgIpc) is 3.26. The number of hydrogen-bond acceptors (Lipinski definition) is 7. The molecular formula is C23H17N3O5. The molecule has 0 spiro atoms. The number of ether oxygens (including phenoxy) is 1. The van der Waals surface area contributed by atoms with Crippen molar-refractivity contribution in [3.05, 3.63) is 81.3 Å². The van der Waals surface area contributed by atoms with Gasteiger partial charge in [0, 0.05) is 29.5 Å². The van der Waals surface area contributed by atoms with Crippen LogP contribution in [0.5, 0.6) is 5.75 Å². The van der Waals surface area contributed by atoms with Crippen LogP contribution < -0.4 is 31.2 Å². The summed E-state index contributed by atoms with van der Waals surface area (Å²) in [5.41, 5.74) is 1.65. The monoisotopic (exact) mass is 415 g/mol. The minimum absolute atomic E-state index is 0.0851. The summed E-state index contributed by atoms with van der Waals surface area (Å²) in [6.45, 7) is 0.607. The first kappa shape index (κ1) is 18.7. The van der Waals surface area contributed by atoms with E-state index < -0.39 is 11.5 Å². The molecule has 8 nitrogen and oxygen atoms in total. The molecule has 0 atom stereocenters. The molecule has 0 radical (unpaired) electrons. The van der Waals surface area contributed by atoms with Crippen molar-refractivity contribution >= 4 is 40.5 Å². The molecule has 0 bridgehead atoms. The van der Waals surface area contributed by atoms with Gasteiger partial charge in [0.1, 0.15) is 5.56 Å². The van der Waals surface area contributed by atoms with Gasteiger partial charge < -0.3 is 23.9 Å². The van der Waals surface area contributed by atoms with Gasteiger partial charge in [-0.05, 0) is 36.4 Å². The normalized spacial score (nSPS) is 12.6. The molecular weight excluding hydrogens is 398 g/mol. The summed E-state index contributed by atoms with van der Waals surface area (Å²) < 4.78 is 15.7. The molecule has 31 heavy (non-hydrogen) atoms. The molecule has 8 heteroatoms. The number of nitrogens with one attached hydrogen (secondary N) is 1. The summed E-state index contributed by atoms with van der Waals surface area (Å²) >= 11 is 0. The zero-order valence-corrected chi connectivity index (χ0v) is 16.5. The molecule has 0 saturated heterocycles. The number of carbonyl (C=O) groups is 1. The van der Waals surface area contributed by atoms with Gasteiger partial charge in [-0.15, -0.1) is 0 Å². The van der Waals surface area contributed by atoms with E-state index in [0.29, 0.717) is 29.0 Å². The molecule has 0 saturated carbocycles. The molecule has 3 heterocycles. The van der Waals surface area contributed by atoms with E-state index >= 15 is 0 Å². The molecule has 0 aliphatic carbocycles. The number of aromatic nitrogens is 1. The Labute approximate surface area is 175 Å². The number of methoxy groups -OCH3 is 1. The second-order valence-corrected chi connectivity index (χ2v) is 6.96. The van der Waals surface area contributed by atoms with E-state index in [-0.39, 0.29) is 5.56 Å². The van der Waals surface area contributed by atoms with Gasteiger partial charge in [-0.25, -0.2) is 4.79 Å². The number of para-hydroxylation sites is 1. The molecule has 0 fully saturated rings. The van der Waals surface area contributed by atoms with E-state index in [0.717, 1.165) is 16.3 Å². The molecule has 0 unspecified atom stereocenters. The van der Waals surface area contributed by atoms with Crippen molar-refractivity contribution in [2.45, 2.75) is 0 Å². The van der Waals surface area contributed by atoms with Gasteiger partial charge in [0.2, 0.25) is 0 Å². The van der Waals surface area contributed by atoms with Crippen LogP contribution in [0.3, 0.4) is 0 Å². The smallest absolute Gasteiger partial charge is 0.349 e. The van der Waals surface area contributed by atoms with Crippen LogP contribution in [-0.2, 0) is 0 Å². The van der Waals surface area contributed by atoms with Crippen LogP contribution in [0.25, 0.3) is 23.2 Å². The minimum Gasteiger partial charge on any atom is -0.493 e. The summed E-state index contributed by atoms with van der Waals surface area (Å²) in [6.07, 6.45) is 5.51. The average molecular weight is 415 g/mol. The Kier molecular flexibility index (Phi) is 4.51. The lowest BCUT2D eigenvalue weighted by molar-refractivity contribution is 0.102. The Bertz CT molecular complexity index is 1490. The fourth-order valence-electron chi connectivity index (χ4n) is 3.49. The Hall–Kier alpha value is -4.33. The minimum atomic E-state index is -0.732. The lowest BCUT2D eigenvalue weighted by Crippen LogP contribution is -2.32.